The Kier molecular flexibility index (Phi) is 5.87. The van der Waals surface area contributed by atoms with Gasteiger partial charge in [-0.15, -0.1) is 10.2 Å². The summed E-state index contributed by atoms with van der Waals surface area (Å²) in [6.07, 6.45) is 2.33. The number of methoxy groups -OCH3 is 2. The molecule has 3 aromatic rings. The highest BCUT2D eigenvalue weighted by atomic mass is 35.5. The number of carbonyl (C=O) groups is 1. The lowest BCUT2D eigenvalue weighted by Crippen LogP contribution is -2.11. The molecule has 0 fully saturated rings. The molecule has 9 heteroatoms. The molecule has 0 spiro atoms. The third-order valence-electron chi connectivity index (χ3n) is 4.82. The number of aliphatic imine (C=N–C) groups is 1. The van der Waals surface area contributed by atoms with Gasteiger partial charge < -0.3 is 9.47 Å². The number of pyridine rings is 1. The van der Waals surface area contributed by atoms with E-state index in [1.807, 2.05) is 41.0 Å². The number of hydrogen-bond donors (Lipinski definition) is 0. The molecular formula is C21H20ClN5O3. The molecule has 0 aliphatic carbocycles. The maximum Gasteiger partial charge on any atom is 0.305 e. The van der Waals surface area contributed by atoms with Crippen LogP contribution in [-0.4, -0.2) is 45.6 Å². The zero-order valence-electron chi connectivity index (χ0n) is 16.6. The van der Waals surface area contributed by atoms with Crippen LogP contribution in [0.1, 0.15) is 41.8 Å². The molecule has 1 aliphatic heterocycles. The van der Waals surface area contributed by atoms with Gasteiger partial charge in [0.15, 0.2) is 11.6 Å². The van der Waals surface area contributed by atoms with Gasteiger partial charge in [0.25, 0.3) is 0 Å². The SMILES string of the molecule is COCc1nnc2n1-c1ccc(Cl)cc1C(c1ccccn1)=N[C@H]2CCC(=O)OC. The lowest BCUT2D eigenvalue weighted by molar-refractivity contribution is -0.140. The van der Waals surface area contributed by atoms with Crippen LogP contribution in [0.25, 0.3) is 5.69 Å². The Bertz CT molecular complexity index is 1100. The van der Waals surface area contributed by atoms with Crippen LogP contribution in [0.2, 0.25) is 5.02 Å². The maximum atomic E-state index is 11.8. The summed E-state index contributed by atoms with van der Waals surface area (Å²) in [6, 6.07) is 10.8. The average molecular weight is 426 g/mol. The second-order valence-corrected chi connectivity index (χ2v) is 7.16. The number of fused-ring (bicyclic) bond motifs is 3. The molecule has 1 atom stereocenters. The number of hydrogen-bond acceptors (Lipinski definition) is 7. The van der Waals surface area contributed by atoms with E-state index < -0.39 is 6.04 Å². The molecule has 0 radical (unpaired) electrons. The number of benzene rings is 1. The van der Waals surface area contributed by atoms with Crippen molar-refractivity contribution in [1.29, 1.82) is 0 Å². The summed E-state index contributed by atoms with van der Waals surface area (Å²) in [5, 5.41) is 9.27. The molecule has 0 amide bonds. The van der Waals surface area contributed by atoms with Crippen molar-refractivity contribution in [2.24, 2.45) is 4.99 Å². The van der Waals surface area contributed by atoms with E-state index in [2.05, 4.69) is 15.2 Å². The lowest BCUT2D eigenvalue weighted by Gasteiger charge is -2.14. The summed E-state index contributed by atoms with van der Waals surface area (Å²) < 4.78 is 12.1. The van der Waals surface area contributed by atoms with Crippen LogP contribution >= 0.6 is 11.6 Å². The van der Waals surface area contributed by atoms with Crippen molar-refractivity contribution in [3.8, 4) is 5.69 Å². The minimum atomic E-state index is -0.426. The topological polar surface area (TPSA) is 91.5 Å². The van der Waals surface area contributed by atoms with Crippen molar-refractivity contribution in [2.75, 3.05) is 14.2 Å². The van der Waals surface area contributed by atoms with Crippen molar-refractivity contribution >= 4 is 23.3 Å². The molecular weight excluding hydrogens is 406 g/mol. The minimum Gasteiger partial charge on any atom is -0.469 e. The zero-order chi connectivity index (χ0) is 21.1. The Morgan fingerprint density at radius 3 is 2.80 bits per heavy atom. The Hall–Kier alpha value is -3.10. The first-order valence-electron chi connectivity index (χ1n) is 9.41. The molecule has 1 aromatic carbocycles. The smallest absolute Gasteiger partial charge is 0.305 e. The number of rotatable bonds is 6. The number of aromatic nitrogens is 4. The van der Waals surface area contributed by atoms with Crippen molar-refractivity contribution < 1.29 is 14.3 Å². The standard InChI is InChI=1S/C21H20ClN5O3/c1-29-12-18-25-26-21-16(7-9-19(28)30-2)24-20(15-5-3-4-10-23-15)14-11-13(22)6-8-17(14)27(18)21/h3-6,8,10-11,16H,7,9,12H2,1-2H3/t16-/m0/s1. The third-order valence-corrected chi connectivity index (χ3v) is 5.06. The fraction of sp³-hybridized carbons (Fsp3) is 0.286. The maximum absolute atomic E-state index is 11.8. The van der Waals surface area contributed by atoms with Crippen LogP contribution in [0.5, 0.6) is 0 Å². The van der Waals surface area contributed by atoms with Crippen LogP contribution in [0.3, 0.4) is 0 Å². The summed E-state index contributed by atoms with van der Waals surface area (Å²) in [5.74, 6) is 0.953. The fourth-order valence-electron chi connectivity index (χ4n) is 3.46. The van der Waals surface area contributed by atoms with Gasteiger partial charge in [0.1, 0.15) is 12.6 Å². The van der Waals surface area contributed by atoms with E-state index in [0.717, 1.165) is 11.3 Å². The second-order valence-electron chi connectivity index (χ2n) is 6.73. The van der Waals surface area contributed by atoms with Crippen LogP contribution in [0.4, 0.5) is 0 Å². The van der Waals surface area contributed by atoms with Gasteiger partial charge in [0.05, 0.1) is 24.2 Å². The number of esters is 1. The number of ether oxygens (including phenoxy) is 2. The summed E-state index contributed by atoms with van der Waals surface area (Å²) in [5.41, 5.74) is 3.02. The lowest BCUT2D eigenvalue weighted by atomic mass is 10.0. The van der Waals surface area contributed by atoms with Gasteiger partial charge >= 0.3 is 5.97 Å². The van der Waals surface area contributed by atoms with Gasteiger partial charge in [-0.25, -0.2) is 0 Å². The summed E-state index contributed by atoms with van der Waals surface area (Å²) in [6.45, 7) is 0.276. The van der Waals surface area contributed by atoms with Gasteiger partial charge in [-0.05, 0) is 36.8 Å². The van der Waals surface area contributed by atoms with Crippen molar-refractivity contribution in [2.45, 2.75) is 25.5 Å². The average Bonchev–Trinajstić information content (AvgIpc) is 3.12. The van der Waals surface area contributed by atoms with E-state index in [1.165, 1.54) is 7.11 Å². The summed E-state index contributed by atoms with van der Waals surface area (Å²) >= 11 is 6.34. The molecule has 154 valence electrons. The first-order chi connectivity index (χ1) is 14.6. The van der Waals surface area contributed by atoms with E-state index in [9.17, 15) is 4.79 Å². The molecule has 0 N–H and O–H groups in total. The Morgan fingerprint density at radius 1 is 1.20 bits per heavy atom. The van der Waals surface area contributed by atoms with E-state index in [-0.39, 0.29) is 19.0 Å². The van der Waals surface area contributed by atoms with Gasteiger partial charge in [-0.1, -0.05) is 17.7 Å². The monoisotopic (exact) mass is 425 g/mol. The molecule has 1 aliphatic rings. The van der Waals surface area contributed by atoms with Crippen LogP contribution in [-0.2, 0) is 20.9 Å². The van der Waals surface area contributed by atoms with Crippen molar-refractivity contribution in [3.05, 3.63) is 70.5 Å². The molecule has 0 unspecified atom stereocenters. The molecule has 0 bridgehead atoms. The summed E-state index contributed by atoms with van der Waals surface area (Å²) in [7, 11) is 2.97. The van der Waals surface area contributed by atoms with Gasteiger partial charge in [-0.2, -0.15) is 0 Å². The highest BCUT2D eigenvalue weighted by Crippen LogP contribution is 2.34. The highest BCUT2D eigenvalue weighted by Gasteiger charge is 2.30. The Labute approximate surface area is 178 Å². The van der Waals surface area contributed by atoms with Gasteiger partial charge in [0, 0.05) is 30.3 Å². The molecule has 30 heavy (non-hydrogen) atoms. The zero-order valence-corrected chi connectivity index (χ0v) is 17.3. The first kappa shape index (κ1) is 20.2. The van der Waals surface area contributed by atoms with Gasteiger partial charge in [-0.3, -0.25) is 19.3 Å². The molecule has 2 aromatic heterocycles. The Morgan fingerprint density at radius 2 is 2.07 bits per heavy atom. The van der Waals surface area contributed by atoms with E-state index in [4.69, 9.17) is 26.1 Å². The largest absolute Gasteiger partial charge is 0.469 e. The van der Waals surface area contributed by atoms with Crippen molar-refractivity contribution in [1.82, 2.24) is 19.7 Å². The summed E-state index contributed by atoms with van der Waals surface area (Å²) in [4.78, 5) is 21.3. The Balaban J connectivity index is 1.93. The predicted octanol–water partition coefficient (Wildman–Crippen LogP) is 3.31. The quantitative estimate of drug-likeness (QED) is 0.562. The van der Waals surface area contributed by atoms with Crippen LogP contribution < -0.4 is 0 Å². The van der Waals surface area contributed by atoms with Gasteiger partial charge in [0.2, 0.25) is 0 Å². The number of carbonyl (C=O) groups excluding carboxylic acids is 1. The molecule has 3 heterocycles. The molecule has 0 saturated carbocycles. The normalized spacial score (nSPS) is 15.0. The van der Waals surface area contributed by atoms with Crippen molar-refractivity contribution in [3.63, 3.8) is 0 Å². The number of nitrogens with zero attached hydrogens (tertiary/aromatic N) is 5. The fourth-order valence-corrected chi connectivity index (χ4v) is 3.64. The molecule has 0 saturated heterocycles. The van der Waals surface area contributed by atoms with Crippen LogP contribution in [0.15, 0.2) is 47.6 Å². The van der Waals surface area contributed by atoms with E-state index >= 15 is 0 Å². The number of halogens is 1. The second kappa shape index (κ2) is 8.73. The predicted molar refractivity (Wildman–Crippen MR) is 111 cm³/mol. The highest BCUT2D eigenvalue weighted by molar-refractivity contribution is 6.31. The van der Waals surface area contributed by atoms with E-state index in [0.29, 0.717) is 34.5 Å². The molecule has 4 rings (SSSR count). The third kappa shape index (κ3) is 3.83. The molecule has 8 nitrogen and oxygen atoms in total. The minimum absolute atomic E-state index is 0.198. The van der Waals surface area contributed by atoms with Crippen LogP contribution in [0, 0.1) is 0 Å². The first-order valence-corrected chi connectivity index (χ1v) is 9.79. The van der Waals surface area contributed by atoms with E-state index in [1.54, 1.807) is 13.3 Å².